The van der Waals surface area contributed by atoms with Gasteiger partial charge in [-0.1, -0.05) is 18.2 Å². The number of hydrazone groups is 1. The first-order valence-electron chi connectivity index (χ1n) is 6.52. The minimum absolute atomic E-state index is 0.0541. The summed E-state index contributed by atoms with van der Waals surface area (Å²) < 4.78 is 17.7. The first-order valence-corrected chi connectivity index (χ1v) is 6.52. The minimum Gasteiger partial charge on any atom is -0.504 e. The maximum absolute atomic E-state index is 12.8. The lowest BCUT2D eigenvalue weighted by molar-refractivity contribution is -0.120. The van der Waals surface area contributed by atoms with Crippen molar-refractivity contribution >= 4 is 12.1 Å². The molecule has 22 heavy (non-hydrogen) atoms. The van der Waals surface area contributed by atoms with Gasteiger partial charge in [-0.15, -0.1) is 0 Å². The number of aromatic hydroxyl groups is 1. The fourth-order valence-electron chi connectivity index (χ4n) is 1.81. The van der Waals surface area contributed by atoms with Gasteiger partial charge in [0.2, 0.25) is 5.91 Å². The van der Waals surface area contributed by atoms with Crippen LogP contribution in [0.5, 0.6) is 11.5 Å². The van der Waals surface area contributed by atoms with E-state index in [4.69, 9.17) is 4.74 Å². The Morgan fingerprint density at radius 2 is 2.05 bits per heavy atom. The van der Waals surface area contributed by atoms with Crippen LogP contribution < -0.4 is 10.2 Å². The van der Waals surface area contributed by atoms with E-state index in [2.05, 4.69) is 10.5 Å². The Morgan fingerprint density at radius 1 is 1.32 bits per heavy atom. The Kier molecular flexibility index (Phi) is 5.08. The molecule has 0 aliphatic heterocycles. The molecule has 6 heteroatoms. The number of phenolic OH excluding ortho intramolecular Hbond substituents is 1. The maximum Gasteiger partial charge on any atom is 0.244 e. The lowest BCUT2D eigenvalue weighted by Gasteiger charge is -2.05. The molecule has 2 rings (SSSR count). The average molecular weight is 302 g/mol. The van der Waals surface area contributed by atoms with Crippen molar-refractivity contribution in [1.82, 2.24) is 5.43 Å². The Balaban J connectivity index is 1.94. The highest BCUT2D eigenvalue weighted by Gasteiger charge is 2.05. The Morgan fingerprint density at radius 3 is 2.73 bits per heavy atom. The second-order valence-corrected chi connectivity index (χ2v) is 4.49. The number of benzene rings is 2. The number of rotatable bonds is 5. The zero-order valence-electron chi connectivity index (χ0n) is 11.9. The highest BCUT2D eigenvalue weighted by atomic mass is 19.1. The fourth-order valence-corrected chi connectivity index (χ4v) is 1.81. The molecule has 0 atom stereocenters. The van der Waals surface area contributed by atoms with Crippen molar-refractivity contribution in [2.75, 3.05) is 7.11 Å². The van der Waals surface area contributed by atoms with Gasteiger partial charge < -0.3 is 9.84 Å². The number of phenols is 1. The standard InChI is InChI=1S/C16H15FN2O3/c1-22-14-4-2-3-12(16(14)21)10-18-19-15(20)9-11-5-7-13(17)8-6-11/h2-8,10,21H,9H2,1H3,(H,19,20)/b18-10+. The predicted octanol–water partition coefficient (Wildman–Crippen LogP) is 2.23. The Bertz CT molecular complexity index is 684. The number of nitrogens with one attached hydrogen (secondary N) is 1. The summed E-state index contributed by atoms with van der Waals surface area (Å²) in [6, 6.07) is 10.6. The van der Waals surface area contributed by atoms with Crippen molar-refractivity contribution in [3.8, 4) is 11.5 Å². The van der Waals surface area contributed by atoms with E-state index in [0.717, 1.165) is 0 Å². The third-order valence-electron chi connectivity index (χ3n) is 2.92. The van der Waals surface area contributed by atoms with Gasteiger partial charge in [-0.2, -0.15) is 5.10 Å². The van der Waals surface area contributed by atoms with E-state index in [1.165, 1.54) is 37.6 Å². The highest BCUT2D eigenvalue weighted by molar-refractivity contribution is 5.86. The molecule has 0 fully saturated rings. The fraction of sp³-hybridized carbons (Fsp3) is 0.125. The number of carbonyl (C=O) groups is 1. The third-order valence-corrected chi connectivity index (χ3v) is 2.92. The van der Waals surface area contributed by atoms with Crippen molar-refractivity contribution in [2.45, 2.75) is 6.42 Å². The summed E-state index contributed by atoms with van der Waals surface area (Å²) in [5, 5.41) is 13.6. The Labute approximate surface area is 127 Å². The molecule has 2 aromatic rings. The molecule has 5 nitrogen and oxygen atoms in total. The summed E-state index contributed by atoms with van der Waals surface area (Å²) in [5.74, 6) is -0.427. The number of carbonyl (C=O) groups excluding carboxylic acids is 1. The molecule has 0 aliphatic rings. The van der Waals surface area contributed by atoms with Gasteiger partial charge in [0.1, 0.15) is 5.82 Å². The smallest absolute Gasteiger partial charge is 0.244 e. The van der Waals surface area contributed by atoms with Crippen LogP contribution in [0, 0.1) is 5.82 Å². The molecule has 0 aliphatic carbocycles. The number of para-hydroxylation sites is 1. The van der Waals surface area contributed by atoms with E-state index in [0.29, 0.717) is 16.9 Å². The number of halogens is 1. The van der Waals surface area contributed by atoms with Crippen LogP contribution >= 0.6 is 0 Å². The van der Waals surface area contributed by atoms with Gasteiger partial charge >= 0.3 is 0 Å². The molecule has 2 N–H and O–H groups in total. The number of methoxy groups -OCH3 is 1. The molecule has 0 radical (unpaired) electrons. The zero-order chi connectivity index (χ0) is 15.9. The molecule has 2 aromatic carbocycles. The number of nitrogens with zero attached hydrogens (tertiary/aromatic N) is 1. The molecule has 0 heterocycles. The lowest BCUT2D eigenvalue weighted by Crippen LogP contribution is -2.19. The molecular weight excluding hydrogens is 287 g/mol. The van der Waals surface area contributed by atoms with Crippen molar-refractivity contribution in [3.05, 3.63) is 59.4 Å². The monoisotopic (exact) mass is 302 g/mol. The van der Waals surface area contributed by atoms with E-state index in [9.17, 15) is 14.3 Å². The second kappa shape index (κ2) is 7.21. The molecular formula is C16H15FN2O3. The second-order valence-electron chi connectivity index (χ2n) is 4.49. The number of hydrogen-bond donors (Lipinski definition) is 2. The average Bonchev–Trinajstić information content (AvgIpc) is 2.51. The van der Waals surface area contributed by atoms with Crippen LogP contribution in [-0.2, 0) is 11.2 Å². The van der Waals surface area contributed by atoms with Crippen molar-refractivity contribution in [2.24, 2.45) is 5.10 Å². The zero-order valence-corrected chi connectivity index (χ0v) is 11.9. The largest absolute Gasteiger partial charge is 0.504 e. The van der Waals surface area contributed by atoms with Gasteiger partial charge in [-0.05, 0) is 29.8 Å². The topological polar surface area (TPSA) is 70.9 Å². The van der Waals surface area contributed by atoms with Crippen molar-refractivity contribution in [3.63, 3.8) is 0 Å². The molecule has 114 valence electrons. The van der Waals surface area contributed by atoms with Gasteiger partial charge in [0.15, 0.2) is 11.5 Å². The quantitative estimate of drug-likeness (QED) is 0.657. The number of ether oxygens (including phenoxy) is 1. The van der Waals surface area contributed by atoms with Crippen LogP contribution in [0.25, 0.3) is 0 Å². The van der Waals surface area contributed by atoms with E-state index in [-0.39, 0.29) is 23.9 Å². The Hall–Kier alpha value is -2.89. The van der Waals surface area contributed by atoms with Crippen LogP contribution in [0.1, 0.15) is 11.1 Å². The number of amides is 1. The van der Waals surface area contributed by atoms with Crippen LogP contribution in [0.2, 0.25) is 0 Å². The van der Waals surface area contributed by atoms with Gasteiger partial charge in [0, 0.05) is 5.56 Å². The molecule has 0 saturated heterocycles. The maximum atomic E-state index is 12.8. The van der Waals surface area contributed by atoms with Gasteiger partial charge in [0.25, 0.3) is 0 Å². The number of hydrogen-bond acceptors (Lipinski definition) is 4. The summed E-state index contributed by atoms with van der Waals surface area (Å²) in [7, 11) is 1.44. The summed E-state index contributed by atoms with van der Waals surface area (Å²) in [6.07, 6.45) is 1.40. The van der Waals surface area contributed by atoms with Crippen LogP contribution in [0.3, 0.4) is 0 Å². The van der Waals surface area contributed by atoms with Crippen LogP contribution in [0.15, 0.2) is 47.6 Å². The first-order chi connectivity index (χ1) is 10.6. The molecule has 0 bridgehead atoms. The van der Waals surface area contributed by atoms with Crippen molar-refractivity contribution < 1.29 is 19.0 Å². The molecule has 0 saturated carbocycles. The molecule has 0 aromatic heterocycles. The normalized spacial score (nSPS) is 10.6. The van der Waals surface area contributed by atoms with E-state index >= 15 is 0 Å². The van der Waals surface area contributed by atoms with E-state index in [1.807, 2.05) is 0 Å². The van der Waals surface area contributed by atoms with Gasteiger partial charge in [-0.3, -0.25) is 4.79 Å². The molecule has 0 unspecified atom stereocenters. The third kappa shape index (κ3) is 4.05. The first kappa shape index (κ1) is 15.5. The molecule has 1 amide bonds. The van der Waals surface area contributed by atoms with Crippen molar-refractivity contribution in [1.29, 1.82) is 0 Å². The van der Waals surface area contributed by atoms with Gasteiger partial charge in [-0.25, -0.2) is 9.82 Å². The summed E-state index contributed by atoms with van der Waals surface area (Å²) in [6.45, 7) is 0. The van der Waals surface area contributed by atoms with E-state index in [1.54, 1.807) is 18.2 Å². The SMILES string of the molecule is COc1cccc(/C=N/NC(=O)Cc2ccc(F)cc2)c1O. The summed E-state index contributed by atoms with van der Waals surface area (Å²) >= 11 is 0. The van der Waals surface area contributed by atoms with Crippen LogP contribution in [-0.4, -0.2) is 24.3 Å². The lowest BCUT2D eigenvalue weighted by atomic mass is 10.1. The minimum atomic E-state index is -0.351. The highest BCUT2D eigenvalue weighted by Crippen LogP contribution is 2.27. The van der Waals surface area contributed by atoms with Crippen LogP contribution in [0.4, 0.5) is 4.39 Å². The van der Waals surface area contributed by atoms with E-state index < -0.39 is 0 Å². The molecule has 0 spiro atoms. The summed E-state index contributed by atoms with van der Waals surface area (Å²) in [5.41, 5.74) is 3.44. The summed E-state index contributed by atoms with van der Waals surface area (Å²) in [4.78, 5) is 11.7. The van der Waals surface area contributed by atoms with Gasteiger partial charge in [0.05, 0.1) is 19.7 Å². The predicted molar refractivity (Wildman–Crippen MR) is 80.5 cm³/mol.